The first kappa shape index (κ1) is 22.4. The quantitative estimate of drug-likeness (QED) is 0.252. The number of hydrogen-bond donors (Lipinski definition) is 1. The Balaban J connectivity index is 1.41. The highest BCUT2D eigenvalue weighted by molar-refractivity contribution is 6.31. The van der Waals surface area contributed by atoms with Crippen LogP contribution in [0.2, 0.25) is 5.02 Å². The number of benzene rings is 3. The minimum absolute atomic E-state index is 0.152. The summed E-state index contributed by atoms with van der Waals surface area (Å²) in [7, 11) is 0. The minimum Gasteiger partial charge on any atom is -0.490 e. The Morgan fingerprint density at radius 1 is 1.03 bits per heavy atom. The molecule has 1 aromatic heterocycles. The number of carbonyl (C=O) groups excluding carboxylic acids is 1. The second-order valence-corrected chi connectivity index (χ2v) is 7.84. The predicted octanol–water partition coefficient (Wildman–Crippen LogP) is 6.14. The number of furan rings is 1. The summed E-state index contributed by atoms with van der Waals surface area (Å²) in [5.74, 6) is 0.939. The van der Waals surface area contributed by atoms with Crippen LogP contribution in [0.25, 0.3) is 11.0 Å². The Bertz CT molecular complexity index is 1300. The first-order valence-corrected chi connectivity index (χ1v) is 10.9. The Morgan fingerprint density at radius 3 is 2.64 bits per heavy atom. The minimum atomic E-state index is -0.457. The highest BCUT2D eigenvalue weighted by Crippen LogP contribution is 2.29. The van der Waals surface area contributed by atoms with Gasteiger partial charge >= 0.3 is 5.91 Å². The fourth-order valence-corrected chi connectivity index (χ4v) is 3.37. The van der Waals surface area contributed by atoms with Crippen LogP contribution in [0.4, 0.5) is 0 Å². The zero-order valence-electron chi connectivity index (χ0n) is 18.3. The lowest BCUT2D eigenvalue weighted by atomic mass is 10.2. The van der Waals surface area contributed by atoms with Gasteiger partial charge in [-0.1, -0.05) is 41.4 Å². The Labute approximate surface area is 196 Å². The summed E-state index contributed by atoms with van der Waals surface area (Å²) < 4.78 is 17.2. The molecular weight excluding hydrogens is 440 g/mol. The Morgan fingerprint density at radius 2 is 1.85 bits per heavy atom. The SMILES string of the molecule is CCOc1cc(/C=N/NC(=O)c2cc3cc(Cl)ccc3o2)ccc1OCc1ccc(C)cc1. The molecule has 0 aliphatic carbocycles. The lowest BCUT2D eigenvalue weighted by molar-refractivity contribution is 0.0929. The molecule has 0 radical (unpaired) electrons. The molecule has 0 atom stereocenters. The third-order valence-corrected chi connectivity index (χ3v) is 5.10. The van der Waals surface area contributed by atoms with E-state index < -0.39 is 5.91 Å². The van der Waals surface area contributed by atoms with Gasteiger partial charge < -0.3 is 13.9 Å². The molecule has 33 heavy (non-hydrogen) atoms. The molecule has 0 saturated heterocycles. The van der Waals surface area contributed by atoms with Gasteiger partial charge in [0.15, 0.2) is 17.3 Å². The number of hydrazone groups is 1. The van der Waals surface area contributed by atoms with E-state index in [0.717, 1.165) is 16.5 Å². The Kier molecular flexibility index (Phi) is 6.95. The molecule has 0 bridgehead atoms. The lowest BCUT2D eigenvalue weighted by Crippen LogP contribution is -2.16. The van der Waals surface area contributed by atoms with Crippen molar-refractivity contribution in [3.63, 3.8) is 0 Å². The maximum Gasteiger partial charge on any atom is 0.307 e. The molecule has 0 saturated carbocycles. The smallest absolute Gasteiger partial charge is 0.307 e. The predicted molar refractivity (Wildman–Crippen MR) is 129 cm³/mol. The first-order valence-electron chi connectivity index (χ1n) is 10.5. The fourth-order valence-electron chi connectivity index (χ4n) is 3.18. The van der Waals surface area contributed by atoms with Crippen molar-refractivity contribution >= 4 is 34.7 Å². The van der Waals surface area contributed by atoms with Crippen molar-refractivity contribution in [2.45, 2.75) is 20.5 Å². The van der Waals surface area contributed by atoms with E-state index in [1.165, 1.54) is 11.8 Å². The summed E-state index contributed by atoms with van der Waals surface area (Å²) in [4.78, 5) is 12.4. The number of hydrogen-bond acceptors (Lipinski definition) is 5. The highest BCUT2D eigenvalue weighted by Gasteiger charge is 2.12. The first-order chi connectivity index (χ1) is 16.0. The third kappa shape index (κ3) is 5.73. The van der Waals surface area contributed by atoms with Gasteiger partial charge in [0, 0.05) is 10.4 Å². The molecule has 6 nitrogen and oxygen atoms in total. The van der Waals surface area contributed by atoms with Crippen molar-refractivity contribution in [1.82, 2.24) is 5.43 Å². The van der Waals surface area contributed by atoms with Crippen LogP contribution >= 0.6 is 11.6 Å². The van der Waals surface area contributed by atoms with E-state index in [4.69, 9.17) is 25.5 Å². The summed E-state index contributed by atoms with van der Waals surface area (Å²) in [5, 5.41) is 5.35. The Hall–Kier alpha value is -3.77. The molecule has 0 unspecified atom stereocenters. The number of nitrogens with one attached hydrogen (secondary N) is 1. The largest absolute Gasteiger partial charge is 0.490 e. The zero-order valence-corrected chi connectivity index (χ0v) is 19.1. The van der Waals surface area contributed by atoms with E-state index in [9.17, 15) is 4.79 Å². The summed E-state index contributed by atoms with van der Waals surface area (Å²) in [6.07, 6.45) is 1.53. The van der Waals surface area contributed by atoms with E-state index in [1.807, 2.05) is 44.2 Å². The van der Waals surface area contributed by atoms with Gasteiger partial charge in [-0.2, -0.15) is 5.10 Å². The summed E-state index contributed by atoms with van der Waals surface area (Å²) in [6, 6.07) is 20.4. The molecule has 168 valence electrons. The molecule has 1 N–H and O–H groups in total. The van der Waals surface area contributed by atoms with Crippen LogP contribution < -0.4 is 14.9 Å². The van der Waals surface area contributed by atoms with Gasteiger partial charge in [-0.05, 0) is 67.4 Å². The summed E-state index contributed by atoms with van der Waals surface area (Å²) in [5.41, 5.74) is 6.08. The standard InChI is InChI=1S/C26H23ClN2O4/c1-3-31-24-12-19(8-10-23(24)32-16-18-6-4-17(2)5-7-18)15-28-29-26(30)25-14-20-13-21(27)9-11-22(20)33-25/h4-15H,3,16H2,1-2H3,(H,29,30)/b28-15+. The van der Waals surface area contributed by atoms with E-state index in [-0.39, 0.29) is 5.76 Å². The number of ether oxygens (including phenoxy) is 2. The fraction of sp³-hybridized carbons (Fsp3) is 0.154. The number of amides is 1. The van der Waals surface area contributed by atoms with Gasteiger partial charge in [0.2, 0.25) is 0 Å². The molecule has 0 aliphatic rings. The maximum atomic E-state index is 12.4. The van der Waals surface area contributed by atoms with Gasteiger partial charge in [-0.25, -0.2) is 5.43 Å². The van der Waals surface area contributed by atoms with Crippen LogP contribution in [0.3, 0.4) is 0 Å². The third-order valence-electron chi connectivity index (χ3n) is 4.86. The van der Waals surface area contributed by atoms with Crippen molar-refractivity contribution in [1.29, 1.82) is 0 Å². The van der Waals surface area contributed by atoms with E-state index >= 15 is 0 Å². The van der Waals surface area contributed by atoms with Crippen LogP contribution in [0.5, 0.6) is 11.5 Å². The molecular formula is C26H23ClN2O4. The van der Waals surface area contributed by atoms with Crippen LogP contribution in [0, 0.1) is 6.92 Å². The van der Waals surface area contributed by atoms with Crippen LogP contribution in [0.15, 0.2) is 76.2 Å². The van der Waals surface area contributed by atoms with Crippen LogP contribution in [0.1, 0.15) is 34.2 Å². The normalized spacial score (nSPS) is 11.1. The van der Waals surface area contributed by atoms with Crippen molar-refractivity contribution in [2.75, 3.05) is 6.61 Å². The van der Waals surface area contributed by atoms with Gasteiger partial charge in [-0.3, -0.25) is 4.79 Å². The van der Waals surface area contributed by atoms with Gasteiger partial charge in [0.05, 0.1) is 12.8 Å². The van der Waals surface area contributed by atoms with E-state index in [1.54, 1.807) is 24.3 Å². The molecule has 0 spiro atoms. The molecule has 0 aliphatic heterocycles. The van der Waals surface area contributed by atoms with E-state index in [2.05, 4.69) is 22.7 Å². The monoisotopic (exact) mass is 462 g/mol. The average Bonchev–Trinajstić information content (AvgIpc) is 3.23. The van der Waals surface area contributed by atoms with Crippen molar-refractivity contribution < 1.29 is 18.7 Å². The number of rotatable bonds is 8. The molecule has 0 fully saturated rings. The van der Waals surface area contributed by atoms with Crippen LogP contribution in [-0.4, -0.2) is 18.7 Å². The average molecular weight is 463 g/mol. The number of halogens is 1. The maximum absolute atomic E-state index is 12.4. The molecule has 3 aromatic carbocycles. The summed E-state index contributed by atoms with van der Waals surface area (Å²) in [6.45, 7) is 4.89. The van der Waals surface area contributed by atoms with Crippen molar-refractivity contribution in [3.05, 3.63) is 94.2 Å². The van der Waals surface area contributed by atoms with Gasteiger partial charge in [0.1, 0.15) is 12.2 Å². The number of aryl methyl sites for hydroxylation is 1. The van der Waals surface area contributed by atoms with Crippen molar-refractivity contribution in [3.8, 4) is 11.5 Å². The second kappa shape index (κ2) is 10.2. The molecule has 1 amide bonds. The number of nitrogens with zero attached hydrogens (tertiary/aromatic N) is 1. The molecule has 4 aromatic rings. The second-order valence-electron chi connectivity index (χ2n) is 7.41. The number of fused-ring (bicyclic) bond motifs is 1. The molecule has 4 rings (SSSR count). The molecule has 7 heteroatoms. The topological polar surface area (TPSA) is 73.1 Å². The van der Waals surface area contributed by atoms with Crippen molar-refractivity contribution in [2.24, 2.45) is 5.10 Å². The summed E-state index contributed by atoms with van der Waals surface area (Å²) >= 11 is 5.98. The zero-order chi connectivity index (χ0) is 23.2. The number of carbonyl (C=O) groups is 1. The lowest BCUT2D eigenvalue weighted by Gasteiger charge is -2.12. The van der Waals surface area contributed by atoms with E-state index in [0.29, 0.717) is 35.3 Å². The molecule has 1 heterocycles. The highest BCUT2D eigenvalue weighted by atomic mass is 35.5. The van der Waals surface area contributed by atoms with Gasteiger partial charge in [0.25, 0.3) is 0 Å². The van der Waals surface area contributed by atoms with Gasteiger partial charge in [-0.15, -0.1) is 0 Å². The van der Waals surface area contributed by atoms with Crippen LogP contribution in [-0.2, 0) is 6.61 Å².